The van der Waals surface area contributed by atoms with E-state index in [9.17, 15) is 13.2 Å². The van der Waals surface area contributed by atoms with E-state index in [1.165, 1.54) is 0 Å². The van der Waals surface area contributed by atoms with Gasteiger partial charge in [0.2, 0.25) is 0 Å². The molecule has 3 nitrogen and oxygen atoms in total. The van der Waals surface area contributed by atoms with Gasteiger partial charge in [-0.2, -0.15) is 13.2 Å². The zero-order chi connectivity index (χ0) is 10.6. The summed E-state index contributed by atoms with van der Waals surface area (Å²) in [4.78, 5) is 2.01. The molecule has 0 aromatic rings. The third-order valence-corrected chi connectivity index (χ3v) is 2.13. The van der Waals surface area contributed by atoms with Crippen molar-refractivity contribution in [1.82, 2.24) is 4.90 Å². The van der Waals surface area contributed by atoms with Crippen LogP contribution in [0.25, 0.3) is 0 Å². The third-order valence-electron chi connectivity index (χ3n) is 2.13. The van der Waals surface area contributed by atoms with E-state index in [-0.39, 0.29) is 25.1 Å². The van der Waals surface area contributed by atoms with E-state index in [2.05, 4.69) is 4.74 Å². The molecule has 1 aliphatic heterocycles. The van der Waals surface area contributed by atoms with Crippen LogP contribution in [0.15, 0.2) is 0 Å². The molecule has 0 aliphatic carbocycles. The molecule has 0 radical (unpaired) electrons. The summed E-state index contributed by atoms with van der Waals surface area (Å²) in [5, 5.41) is 0. The van der Waals surface area contributed by atoms with Crippen LogP contribution in [0.3, 0.4) is 0 Å². The Morgan fingerprint density at radius 3 is 2.53 bits per heavy atom. The fourth-order valence-electron chi connectivity index (χ4n) is 1.45. The molecule has 0 aromatic carbocycles. The van der Waals surface area contributed by atoms with Gasteiger partial charge in [-0.05, 0) is 13.0 Å². The second-order valence-electron chi connectivity index (χ2n) is 3.52. The summed E-state index contributed by atoms with van der Waals surface area (Å²) in [5.74, 6) is 0. The van der Waals surface area contributed by atoms with Crippen molar-refractivity contribution in [1.29, 1.82) is 0 Å². The summed E-state index contributed by atoms with van der Waals surface area (Å²) in [6.45, 7) is 1.11. The Hall–Kier alpha value is -0.0400. The van der Waals surface area contributed by atoms with E-state index in [0.717, 1.165) is 19.5 Å². The van der Waals surface area contributed by atoms with Gasteiger partial charge in [0.15, 0.2) is 0 Å². The van der Waals surface area contributed by atoms with Crippen LogP contribution in [0.1, 0.15) is 6.42 Å². The molecule has 0 amide bonds. The number of alkyl halides is 3. The van der Waals surface area contributed by atoms with Gasteiger partial charge in [-0.15, -0.1) is 12.4 Å². The number of halogens is 4. The molecule has 1 unspecified atom stereocenters. The number of rotatable bonds is 4. The first-order chi connectivity index (χ1) is 6.47. The van der Waals surface area contributed by atoms with Crippen LogP contribution in [-0.4, -0.2) is 50.0 Å². The van der Waals surface area contributed by atoms with Gasteiger partial charge in [0.1, 0.15) is 6.61 Å². The van der Waals surface area contributed by atoms with E-state index < -0.39 is 12.8 Å². The summed E-state index contributed by atoms with van der Waals surface area (Å²) >= 11 is 0. The molecule has 1 aliphatic rings. The molecular weight excluding hydrogens is 233 g/mol. The van der Waals surface area contributed by atoms with Crippen LogP contribution in [0.2, 0.25) is 0 Å². The van der Waals surface area contributed by atoms with Crippen molar-refractivity contribution in [3.8, 4) is 0 Å². The van der Waals surface area contributed by atoms with Crippen molar-refractivity contribution in [3.05, 3.63) is 0 Å². The Bertz CT molecular complexity index is 180. The maximum atomic E-state index is 11.7. The monoisotopic (exact) mass is 248 g/mol. The number of ether oxygens (including phenoxy) is 1. The topological polar surface area (TPSA) is 38.5 Å². The number of hydrogen-bond donors (Lipinski definition) is 1. The van der Waals surface area contributed by atoms with Gasteiger partial charge in [-0.25, -0.2) is 0 Å². The minimum atomic E-state index is -4.22. The van der Waals surface area contributed by atoms with E-state index >= 15 is 0 Å². The van der Waals surface area contributed by atoms with Gasteiger partial charge in [-0.1, -0.05) is 0 Å². The highest BCUT2D eigenvalue weighted by atomic mass is 35.5. The lowest BCUT2D eigenvalue weighted by Crippen LogP contribution is -2.30. The number of nitrogens with zero attached hydrogens (tertiary/aromatic N) is 1. The second kappa shape index (κ2) is 6.52. The van der Waals surface area contributed by atoms with Gasteiger partial charge < -0.3 is 10.5 Å². The highest BCUT2D eigenvalue weighted by Gasteiger charge is 2.27. The van der Waals surface area contributed by atoms with Gasteiger partial charge in [-0.3, -0.25) is 4.90 Å². The van der Waals surface area contributed by atoms with Crippen LogP contribution >= 0.6 is 12.4 Å². The average molecular weight is 249 g/mol. The molecule has 1 saturated heterocycles. The molecule has 7 heteroatoms. The zero-order valence-electron chi connectivity index (χ0n) is 8.29. The molecule has 1 fully saturated rings. The Balaban J connectivity index is 0.00000196. The third kappa shape index (κ3) is 6.94. The Kier molecular flexibility index (Phi) is 6.51. The largest absolute Gasteiger partial charge is 0.411 e. The molecule has 1 rings (SSSR count). The molecule has 2 N–H and O–H groups in total. The normalized spacial score (nSPS) is 22.8. The first-order valence-corrected chi connectivity index (χ1v) is 4.60. The molecule has 1 heterocycles. The minimum absolute atomic E-state index is 0. The van der Waals surface area contributed by atoms with E-state index in [0.29, 0.717) is 6.54 Å². The van der Waals surface area contributed by atoms with Crippen molar-refractivity contribution in [3.63, 3.8) is 0 Å². The SMILES string of the molecule is Cl.NC1CCN(CCOCC(F)(F)F)C1. The average Bonchev–Trinajstić information content (AvgIpc) is 2.44. The summed E-state index contributed by atoms with van der Waals surface area (Å²) in [7, 11) is 0. The Labute approximate surface area is 93.2 Å². The molecule has 0 saturated carbocycles. The van der Waals surface area contributed by atoms with Crippen LogP contribution < -0.4 is 5.73 Å². The van der Waals surface area contributed by atoms with Crippen LogP contribution in [0, 0.1) is 0 Å². The maximum Gasteiger partial charge on any atom is 0.411 e. The molecule has 15 heavy (non-hydrogen) atoms. The fraction of sp³-hybridized carbons (Fsp3) is 1.00. The Morgan fingerprint density at radius 1 is 1.40 bits per heavy atom. The Morgan fingerprint density at radius 2 is 2.07 bits per heavy atom. The van der Waals surface area contributed by atoms with E-state index in [1.807, 2.05) is 4.90 Å². The molecule has 0 bridgehead atoms. The van der Waals surface area contributed by atoms with E-state index in [1.54, 1.807) is 0 Å². The van der Waals surface area contributed by atoms with Gasteiger partial charge >= 0.3 is 6.18 Å². The van der Waals surface area contributed by atoms with E-state index in [4.69, 9.17) is 5.73 Å². The van der Waals surface area contributed by atoms with Crippen molar-refractivity contribution < 1.29 is 17.9 Å². The molecule has 92 valence electrons. The second-order valence-corrected chi connectivity index (χ2v) is 3.52. The summed E-state index contributed by atoms with van der Waals surface area (Å²) < 4.78 is 39.5. The summed E-state index contributed by atoms with van der Waals surface area (Å²) in [5.41, 5.74) is 5.64. The number of hydrogen-bond acceptors (Lipinski definition) is 3. The van der Waals surface area contributed by atoms with Gasteiger partial charge in [0, 0.05) is 19.1 Å². The van der Waals surface area contributed by atoms with Crippen molar-refractivity contribution in [2.75, 3.05) is 32.8 Å². The number of likely N-dealkylation sites (tertiary alicyclic amines) is 1. The maximum absolute atomic E-state index is 11.7. The lowest BCUT2D eigenvalue weighted by molar-refractivity contribution is -0.174. The standard InChI is InChI=1S/C8H15F3N2O.ClH/c9-8(10,11)6-14-4-3-13-2-1-7(12)5-13;/h7H,1-6,12H2;1H. The smallest absolute Gasteiger partial charge is 0.371 e. The predicted molar refractivity (Wildman–Crippen MR) is 53.2 cm³/mol. The minimum Gasteiger partial charge on any atom is -0.371 e. The van der Waals surface area contributed by atoms with Crippen molar-refractivity contribution in [2.45, 2.75) is 18.6 Å². The molecule has 0 aromatic heterocycles. The fourth-order valence-corrected chi connectivity index (χ4v) is 1.45. The molecular formula is C8H16ClF3N2O. The van der Waals surface area contributed by atoms with Crippen molar-refractivity contribution >= 4 is 12.4 Å². The highest BCUT2D eigenvalue weighted by Crippen LogP contribution is 2.14. The summed E-state index contributed by atoms with van der Waals surface area (Å²) in [6, 6.07) is 0.164. The highest BCUT2D eigenvalue weighted by molar-refractivity contribution is 5.85. The number of nitrogens with two attached hydrogens (primary N) is 1. The van der Waals surface area contributed by atoms with Crippen LogP contribution in [0.5, 0.6) is 0 Å². The first kappa shape index (κ1) is 15.0. The van der Waals surface area contributed by atoms with Gasteiger partial charge in [0.05, 0.1) is 6.61 Å². The lowest BCUT2D eigenvalue weighted by atomic mass is 10.3. The first-order valence-electron chi connectivity index (χ1n) is 4.60. The van der Waals surface area contributed by atoms with Gasteiger partial charge in [0.25, 0.3) is 0 Å². The lowest BCUT2D eigenvalue weighted by Gasteiger charge is -2.15. The molecule has 0 spiro atoms. The van der Waals surface area contributed by atoms with Crippen molar-refractivity contribution in [2.24, 2.45) is 5.73 Å². The predicted octanol–water partition coefficient (Wildman–Crippen LogP) is 1.02. The quantitative estimate of drug-likeness (QED) is 0.755. The summed E-state index contributed by atoms with van der Waals surface area (Å²) in [6.07, 6.45) is -3.30. The van der Waals surface area contributed by atoms with Crippen LogP contribution in [-0.2, 0) is 4.74 Å². The molecule has 1 atom stereocenters. The van der Waals surface area contributed by atoms with Crippen LogP contribution in [0.4, 0.5) is 13.2 Å². The zero-order valence-corrected chi connectivity index (χ0v) is 9.11.